The van der Waals surface area contributed by atoms with E-state index < -0.39 is 20.0 Å². The highest BCUT2D eigenvalue weighted by Crippen LogP contribution is 2.20. The van der Waals surface area contributed by atoms with E-state index in [4.69, 9.17) is 11.6 Å². The van der Waals surface area contributed by atoms with Crippen molar-refractivity contribution in [3.63, 3.8) is 0 Å². The summed E-state index contributed by atoms with van der Waals surface area (Å²) in [6.45, 7) is 0.964. The van der Waals surface area contributed by atoms with Crippen LogP contribution < -0.4 is 0 Å². The van der Waals surface area contributed by atoms with E-state index >= 15 is 0 Å². The van der Waals surface area contributed by atoms with Crippen molar-refractivity contribution in [2.45, 2.75) is 11.3 Å². The van der Waals surface area contributed by atoms with E-state index in [1.165, 1.54) is 32.9 Å². The molecule has 1 fully saturated rings. The Morgan fingerprint density at radius 3 is 2.00 bits per heavy atom. The van der Waals surface area contributed by atoms with Gasteiger partial charge in [0.2, 0.25) is 20.0 Å². The van der Waals surface area contributed by atoms with Crippen molar-refractivity contribution in [2.24, 2.45) is 0 Å². The fourth-order valence-electron chi connectivity index (χ4n) is 2.20. The summed E-state index contributed by atoms with van der Waals surface area (Å²) in [7, 11) is -6.91. The Morgan fingerprint density at radius 2 is 1.43 bits per heavy atom. The minimum atomic E-state index is -3.62. The van der Waals surface area contributed by atoms with E-state index in [1.54, 1.807) is 0 Å². The van der Waals surface area contributed by atoms with E-state index in [-0.39, 0.29) is 18.0 Å². The largest absolute Gasteiger partial charge is 0.243 e. The zero-order valence-corrected chi connectivity index (χ0v) is 14.0. The standard InChI is InChI=1S/C12H17ClN2O4S2/c1-20(16,17)14-7-2-8-15(10-9-14)21(18,19)12-5-3-11(13)4-6-12/h3-6H,2,7-10H2,1H3. The van der Waals surface area contributed by atoms with Gasteiger partial charge < -0.3 is 0 Å². The van der Waals surface area contributed by atoms with Gasteiger partial charge in [-0.3, -0.25) is 0 Å². The molecule has 118 valence electrons. The summed E-state index contributed by atoms with van der Waals surface area (Å²) in [5.41, 5.74) is 0. The van der Waals surface area contributed by atoms with E-state index in [9.17, 15) is 16.8 Å². The molecule has 0 amide bonds. The smallest absolute Gasteiger partial charge is 0.213 e. The first kappa shape index (κ1) is 16.7. The summed E-state index contributed by atoms with van der Waals surface area (Å²) in [5.74, 6) is 0. The summed E-state index contributed by atoms with van der Waals surface area (Å²) < 4.78 is 50.8. The fraction of sp³-hybridized carbons (Fsp3) is 0.500. The van der Waals surface area contributed by atoms with E-state index in [1.807, 2.05) is 0 Å². The number of hydrogen-bond acceptors (Lipinski definition) is 4. The number of sulfonamides is 2. The molecule has 1 aromatic carbocycles. The van der Waals surface area contributed by atoms with Crippen molar-refractivity contribution < 1.29 is 16.8 Å². The lowest BCUT2D eigenvalue weighted by Crippen LogP contribution is -2.36. The molecule has 0 unspecified atom stereocenters. The molecule has 0 atom stereocenters. The Balaban J connectivity index is 2.20. The normalized spacial score (nSPS) is 19.3. The maximum absolute atomic E-state index is 12.5. The molecular formula is C12H17ClN2O4S2. The Morgan fingerprint density at radius 1 is 0.905 bits per heavy atom. The Hall–Kier alpha value is -0.670. The number of benzene rings is 1. The lowest BCUT2D eigenvalue weighted by molar-refractivity contribution is 0.406. The van der Waals surface area contributed by atoms with Crippen molar-refractivity contribution in [1.29, 1.82) is 0 Å². The van der Waals surface area contributed by atoms with Gasteiger partial charge in [0.05, 0.1) is 11.2 Å². The van der Waals surface area contributed by atoms with Gasteiger partial charge in [0.1, 0.15) is 0 Å². The van der Waals surface area contributed by atoms with E-state index in [2.05, 4.69) is 0 Å². The van der Waals surface area contributed by atoms with Gasteiger partial charge in [-0.25, -0.2) is 21.1 Å². The molecular weight excluding hydrogens is 336 g/mol. The molecule has 9 heteroatoms. The predicted octanol–water partition coefficient (Wildman–Crippen LogP) is 0.996. The maximum Gasteiger partial charge on any atom is 0.243 e. The predicted molar refractivity (Wildman–Crippen MR) is 81.2 cm³/mol. The molecule has 1 aromatic rings. The van der Waals surface area contributed by atoms with Gasteiger partial charge in [0.15, 0.2) is 0 Å². The van der Waals surface area contributed by atoms with E-state index in [0.29, 0.717) is 24.5 Å². The van der Waals surface area contributed by atoms with Gasteiger partial charge in [-0.1, -0.05) is 11.6 Å². The fourth-order valence-corrected chi connectivity index (χ4v) is 4.67. The molecule has 1 heterocycles. The molecule has 1 aliphatic rings. The van der Waals surface area contributed by atoms with Gasteiger partial charge in [0, 0.05) is 31.2 Å². The average molecular weight is 353 g/mol. The van der Waals surface area contributed by atoms with Crippen LogP contribution in [0.15, 0.2) is 29.2 Å². The molecule has 1 aliphatic heterocycles. The topological polar surface area (TPSA) is 74.8 Å². The molecule has 0 saturated carbocycles. The summed E-state index contributed by atoms with van der Waals surface area (Å²) in [6.07, 6.45) is 1.61. The minimum Gasteiger partial charge on any atom is -0.213 e. The van der Waals surface area contributed by atoms with Crippen LogP contribution in [0, 0.1) is 0 Å². The molecule has 0 spiro atoms. The van der Waals surface area contributed by atoms with Crippen LogP contribution in [0.1, 0.15) is 6.42 Å². The van der Waals surface area contributed by atoms with Crippen LogP contribution in [0.4, 0.5) is 0 Å². The van der Waals surface area contributed by atoms with Gasteiger partial charge in [-0.05, 0) is 30.7 Å². The lowest BCUT2D eigenvalue weighted by atomic mass is 10.4. The minimum absolute atomic E-state index is 0.151. The molecule has 0 aromatic heterocycles. The van der Waals surface area contributed by atoms with Crippen LogP contribution in [0.25, 0.3) is 0 Å². The second-order valence-electron chi connectivity index (χ2n) is 4.87. The lowest BCUT2D eigenvalue weighted by Gasteiger charge is -2.20. The number of nitrogens with zero attached hydrogens (tertiary/aromatic N) is 2. The molecule has 0 N–H and O–H groups in total. The third-order valence-electron chi connectivity index (χ3n) is 3.33. The van der Waals surface area contributed by atoms with Crippen LogP contribution in [0.2, 0.25) is 5.02 Å². The van der Waals surface area contributed by atoms with E-state index in [0.717, 1.165) is 6.26 Å². The van der Waals surface area contributed by atoms with Crippen LogP contribution >= 0.6 is 11.6 Å². The van der Waals surface area contributed by atoms with Crippen LogP contribution in [0.3, 0.4) is 0 Å². The summed E-state index contributed by atoms with van der Waals surface area (Å²) in [5, 5.41) is 0.466. The van der Waals surface area contributed by atoms with Crippen LogP contribution in [-0.4, -0.2) is 57.9 Å². The first-order valence-corrected chi connectivity index (χ1v) is 10.1. The van der Waals surface area contributed by atoms with Crippen molar-refractivity contribution in [2.75, 3.05) is 32.4 Å². The second-order valence-corrected chi connectivity index (χ2v) is 9.23. The molecule has 21 heavy (non-hydrogen) atoms. The second kappa shape index (κ2) is 6.21. The van der Waals surface area contributed by atoms with Crippen molar-refractivity contribution in [3.8, 4) is 0 Å². The summed E-state index contributed by atoms with van der Waals surface area (Å²) in [6, 6.07) is 5.96. The number of rotatable bonds is 3. The average Bonchev–Trinajstić information content (AvgIpc) is 2.64. The zero-order chi connectivity index (χ0) is 15.7. The number of halogens is 1. The monoisotopic (exact) mass is 352 g/mol. The molecule has 0 bridgehead atoms. The first-order chi connectivity index (χ1) is 9.71. The van der Waals surface area contributed by atoms with Crippen LogP contribution in [-0.2, 0) is 20.0 Å². The third-order valence-corrected chi connectivity index (χ3v) is 6.80. The maximum atomic E-state index is 12.5. The van der Waals surface area contributed by atoms with Gasteiger partial charge in [-0.2, -0.15) is 4.31 Å². The van der Waals surface area contributed by atoms with Gasteiger partial charge in [-0.15, -0.1) is 0 Å². The SMILES string of the molecule is CS(=O)(=O)N1CCCN(S(=O)(=O)c2ccc(Cl)cc2)CC1. The molecule has 0 aliphatic carbocycles. The highest BCUT2D eigenvalue weighted by molar-refractivity contribution is 7.89. The summed E-state index contributed by atoms with van der Waals surface area (Å²) >= 11 is 5.76. The van der Waals surface area contributed by atoms with Gasteiger partial charge >= 0.3 is 0 Å². The van der Waals surface area contributed by atoms with Crippen molar-refractivity contribution in [3.05, 3.63) is 29.3 Å². The molecule has 2 rings (SSSR count). The van der Waals surface area contributed by atoms with Crippen LogP contribution in [0.5, 0.6) is 0 Å². The number of hydrogen-bond donors (Lipinski definition) is 0. The Bertz CT molecular complexity index is 701. The molecule has 0 radical (unpaired) electrons. The molecule has 1 saturated heterocycles. The Kier molecular flexibility index (Phi) is 4.94. The highest BCUT2D eigenvalue weighted by Gasteiger charge is 2.29. The highest BCUT2D eigenvalue weighted by atomic mass is 35.5. The summed E-state index contributed by atoms with van der Waals surface area (Å²) in [4.78, 5) is 0.166. The first-order valence-electron chi connectivity index (χ1n) is 6.42. The Labute approximate surface area is 130 Å². The van der Waals surface area contributed by atoms with Crippen molar-refractivity contribution >= 4 is 31.6 Å². The van der Waals surface area contributed by atoms with Crippen molar-refractivity contribution in [1.82, 2.24) is 8.61 Å². The van der Waals surface area contributed by atoms with Gasteiger partial charge in [0.25, 0.3) is 0 Å². The third kappa shape index (κ3) is 3.95. The molecule has 6 nitrogen and oxygen atoms in total. The zero-order valence-electron chi connectivity index (χ0n) is 11.6. The quantitative estimate of drug-likeness (QED) is 0.813.